The molecule has 0 atom stereocenters. The maximum Gasteiger partial charge on any atom is 0.411 e. The second kappa shape index (κ2) is 5.80. The minimum Gasteiger partial charge on any atom is -0.372 e. The van der Waals surface area contributed by atoms with Gasteiger partial charge in [0.1, 0.15) is 6.61 Å². The molecule has 0 radical (unpaired) electrons. The molecular formula is C8H9F3N2O2S. The van der Waals surface area contributed by atoms with Gasteiger partial charge >= 0.3 is 6.18 Å². The number of hydrogen-bond acceptors (Lipinski definition) is 4. The smallest absolute Gasteiger partial charge is 0.372 e. The van der Waals surface area contributed by atoms with Crippen molar-refractivity contribution in [1.82, 2.24) is 4.98 Å². The van der Waals surface area contributed by atoms with Crippen molar-refractivity contribution in [2.45, 2.75) is 12.6 Å². The van der Waals surface area contributed by atoms with Crippen molar-refractivity contribution >= 4 is 22.4 Å². The molecule has 1 aromatic heterocycles. The first-order valence-electron chi connectivity index (χ1n) is 4.31. The highest BCUT2D eigenvalue weighted by atomic mass is 32.1. The van der Waals surface area contributed by atoms with Gasteiger partial charge in [-0.05, 0) is 0 Å². The van der Waals surface area contributed by atoms with E-state index in [2.05, 4.69) is 15.0 Å². The van der Waals surface area contributed by atoms with Crippen molar-refractivity contribution < 1.29 is 22.7 Å². The van der Waals surface area contributed by atoms with Gasteiger partial charge in [0, 0.05) is 11.6 Å². The normalized spacial score (nSPS) is 11.4. The molecule has 1 N–H and O–H groups in total. The number of aromatic nitrogens is 1. The van der Waals surface area contributed by atoms with Crippen molar-refractivity contribution in [3.63, 3.8) is 0 Å². The summed E-state index contributed by atoms with van der Waals surface area (Å²) in [4.78, 5) is 14.9. The number of anilines is 1. The Bertz CT molecular complexity index is 327. The van der Waals surface area contributed by atoms with Gasteiger partial charge in [0.25, 0.3) is 0 Å². The number of carbonyl (C=O) groups is 1. The van der Waals surface area contributed by atoms with Gasteiger partial charge in [0.2, 0.25) is 5.91 Å². The molecule has 1 heterocycles. The molecule has 1 amide bonds. The molecular weight excluding hydrogens is 245 g/mol. The lowest BCUT2D eigenvalue weighted by atomic mass is 10.4. The van der Waals surface area contributed by atoms with Gasteiger partial charge in [-0.3, -0.25) is 4.79 Å². The molecule has 0 unspecified atom stereocenters. The molecule has 0 aliphatic heterocycles. The summed E-state index contributed by atoms with van der Waals surface area (Å²) in [5.74, 6) is -0.419. The summed E-state index contributed by atoms with van der Waals surface area (Å²) in [6, 6.07) is 0. The summed E-state index contributed by atoms with van der Waals surface area (Å²) in [5.41, 5.74) is 0. The largest absolute Gasteiger partial charge is 0.411 e. The Morgan fingerprint density at radius 3 is 2.88 bits per heavy atom. The number of hydrogen-bond donors (Lipinski definition) is 1. The topological polar surface area (TPSA) is 51.2 Å². The van der Waals surface area contributed by atoms with E-state index in [-0.39, 0.29) is 13.0 Å². The third-order valence-electron chi connectivity index (χ3n) is 1.42. The van der Waals surface area contributed by atoms with Crippen molar-refractivity contribution in [3.8, 4) is 0 Å². The van der Waals surface area contributed by atoms with Crippen molar-refractivity contribution in [2.24, 2.45) is 0 Å². The van der Waals surface area contributed by atoms with Crippen LogP contribution in [0.15, 0.2) is 11.6 Å². The highest BCUT2D eigenvalue weighted by Gasteiger charge is 2.27. The predicted octanol–water partition coefficient (Wildman–Crippen LogP) is 2.05. The van der Waals surface area contributed by atoms with Crippen LogP contribution in [0.1, 0.15) is 6.42 Å². The average Bonchev–Trinajstić information content (AvgIpc) is 2.63. The van der Waals surface area contributed by atoms with Crippen LogP contribution in [-0.2, 0) is 9.53 Å². The maximum absolute atomic E-state index is 11.7. The number of nitrogens with zero attached hydrogens (tertiary/aromatic N) is 1. The van der Waals surface area contributed by atoms with E-state index >= 15 is 0 Å². The van der Waals surface area contributed by atoms with E-state index in [0.29, 0.717) is 5.13 Å². The molecule has 1 aromatic rings. The molecule has 0 saturated heterocycles. The summed E-state index contributed by atoms with van der Waals surface area (Å²) >= 11 is 1.23. The van der Waals surface area contributed by atoms with E-state index in [1.165, 1.54) is 17.5 Å². The number of nitrogens with one attached hydrogen (secondary N) is 1. The Hall–Kier alpha value is -1.15. The Balaban J connectivity index is 2.12. The number of alkyl halides is 3. The number of rotatable bonds is 5. The lowest BCUT2D eigenvalue weighted by Gasteiger charge is -2.06. The summed E-state index contributed by atoms with van der Waals surface area (Å²) in [5, 5.41) is 4.52. The fourth-order valence-corrected chi connectivity index (χ4v) is 1.36. The van der Waals surface area contributed by atoms with E-state index in [0.717, 1.165) is 0 Å². The van der Waals surface area contributed by atoms with Crippen LogP contribution in [0.2, 0.25) is 0 Å². The van der Waals surface area contributed by atoms with Crippen LogP contribution in [0.4, 0.5) is 18.3 Å². The van der Waals surface area contributed by atoms with Crippen molar-refractivity contribution in [1.29, 1.82) is 0 Å². The molecule has 90 valence electrons. The van der Waals surface area contributed by atoms with Crippen LogP contribution in [-0.4, -0.2) is 30.3 Å². The first-order valence-corrected chi connectivity index (χ1v) is 5.19. The van der Waals surface area contributed by atoms with Gasteiger partial charge in [-0.1, -0.05) is 0 Å². The molecule has 0 fully saturated rings. The van der Waals surface area contributed by atoms with E-state index in [1.54, 1.807) is 5.38 Å². The van der Waals surface area contributed by atoms with E-state index in [1.807, 2.05) is 0 Å². The lowest BCUT2D eigenvalue weighted by molar-refractivity contribution is -0.174. The van der Waals surface area contributed by atoms with E-state index in [4.69, 9.17) is 0 Å². The predicted molar refractivity (Wildman–Crippen MR) is 52.2 cm³/mol. The zero-order valence-corrected chi connectivity index (χ0v) is 8.90. The second-order valence-corrected chi connectivity index (χ2v) is 3.70. The molecule has 0 saturated carbocycles. The molecule has 8 heteroatoms. The highest BCUT2D eigenvalue weighted by Crippen LogP contribution is 2.14. The van der Waals surface area contributed by atoms with Gasteiger partial charge in [-0.25, -0.2) is 4.98 Å². The van der Waals surface area contributed by atoms with Crippen LogP contribution >= 0.6 is 11.3 Å². The molecule has 0 spiro atoms. The SMILES string of the molecule is O=C(CCOCC(F)(F)F)Nc1nccs1. The van der Waals surface area contributed by atoms with Crippen LogP contribution in [0.3, 0.4) is 0 Å². The Kier molecular flexibility index (Phi) is 4.69. The second-order valence-electron chi connectivity index (χ2n) is 2.80. The summed E-state index contributed by atoms with van der Waals surface area (Å²) < 4.78 is 39.2. The third kappa shape index (κ3) is 5.66. The zero-order valence-electron chi connectivity index (χ0n) is 8.08. The van der Waals surface area contributed by atoms with Gasteiger partial charge in [-0.15, -0.1) is 11.3 Å². The van der Waals surface area contributed by atoms with E-state index in [9.17, 15) is 18.0 Å². The summed E-state index contributed by atoms with van der Waals surface area (Å²) in [6.07, 6.45) is -2.97. The molecule has 0 bridgehead atoms. The van der Waals surface area contributed by atoms with Crippen molar-refractivity contribution in [3.05, 3.63) is 11.6 Å². The fourth-order valence-electron chi connectivity index (χ4n) is 0.820. The standard InChI is InChI=1S/C8H9F3N2O2S/c9-8(10,11)5-15-3-1-6(14)13-7-12-2-4-16-7/h2,4H,1,3,5H2,(H,12,13,14). The van der Waals surface area contributed by atoms with Gasteiger partial charge in [0.05, 0.1) is 13.0 Å². The minimum absolute atomic E-state index is 0.129. The van der Waals surface area contributed by atoms with Crippen LogP contribution in [0, 0.1) is 0 Å². The first kappa shape index (κ1) is 12.9. The Labute approximate surface area is 93.4 Å². The fraction of sp³-hybridized carbons (Fsp3) is 0.500. The number of amides is 1. The molecule has 16 heavy (non-hydrogen) atoms. The van der Waals surface area contributed by atoms with Crippen molar-refractivity contribution in [2.75, 3.05) is 18.5 Å². The van der Waals surface area contributed by atoms with Crippen LogP contribution in [0.25, 0.3) is 0 Å². The Morgan fingerprint density at radius 1 is 1.56 bits per heavy atom. The molecule has 1 rings (SSSR count). The van der Waals surface area contributed by atoms with Gasteiger partial charge in [-0.2, -0.15) is 13.2 Å². The third-order valence-corrected chi connectivity index (χ3v) is 2.11. The monoisotopic (exact) mass is 254 g/mol. The maximum atomic E-state index is 11.7. The minimum atomic E-state index is -4.36. The number of ether oxygens (including phenoxy) is 1. The van der Waals surface area contributed by atoms with Gasteiger partial charge < -0.3 is 10.1 Å². The number of carbonyl (C=O) groups excluding carboxylic acids is 1. The number of thiazole rings is 1. The van der Waals surface area contributed by atoms with Crippen LogP contribution in [0.5, 0.6) is 0 Å². The van der Waals surface area contributed by atoms with E-state index < -0.39 is 18.7 Å². The molecule has 0 aliphatic carbocycles. The zero-order chi connectivity index (χ0) is 12.0. The summed E-state index contributed by atoms with van der Waals surface area (Å²) in [7, 11) is 0. The van der Waals surface area contributed by atoms with Gasteiger partial charge in [0.15, 0.2) is 5.13 Å². The Morgan fingerprint density at radius 2 is 2.31 bits per heavy atom. The van der Waals surface area contributed by atoms with Crippen LogP contribution < -0.4 is 5.32 Å². The molecule has 0 aromatic carbocycles. The molecule has 0 aliphatic rings. The summed E-state index contributed by atoms with van der Waals surface area (Å²) in [6.45, 7) is -1.60. The quantitative estimate of drug-likeness (QED) is 0.818. The highest BCUT2D eigenvalue weighted by molar-refractivity contribution is 7.13. The lowest BCUT2D eigenvalue weighted by Crippen LogP contribution is -2.20. The first-order chi connectivity index (χ1) is 7.47. The average molecular weight is 254 g/mol. The number of halogens is 3. The molecule has 4 nitrogen and oxygen atoms in total.